The molecular formula is C23H31BrF3NO4. The standard InChI is InChI=1S/C23H31BrF3NO4/c1-5-31-19(29)22(11-13-28(14-12-22)20(30)32-21(2,3)4)10-6-7-16-8-9-17(24)15-18(16)23(25,26)27/h8-9,15H,5-7,10-14H2,1-4H3. The summed E-state index contributed by atoms with van der Waals surface area (Å²) in [7, 11) is 0. The van der Waals surface area contributed by atoms with Crippen molar-refractivity contribution in [2.75, 3.05) is 19.7 Å². The summed E-state index contributed by atoms with van der Waals surface area (Å²) in [6, 6.07) is 4.13. The lowest BCUT2D eigenvalue weighted by atomic mass is 9.74. The molecule has 0 saturated carbocycles. The molecule has 9 heteroatoms. The minimum absolute atomic E-state index is 0.194. The van der Waals surface area contributed by atoms with Gasteiger partial charge < -0.3 is 14.4 Å². The van der Waals surface area contributed by atoms with Crippen molar-refractivity contribution in [2.45, 2.75) is 71.6 Å². The lowest BCUT2D eigenvalue weighted by molar-refractivity contribution is -0.159. The highest BCUT2D eigenvalue weighted by atomic mass is 79.9. The van der Waals surface area contributed by atoms with Gasteiger partial charge >= 0.3 is 18.2 Å². The fourth-order valence-electron chi connectivity index (χ4n) is 3.93. The Hall–Kier alpha value is -1.77. The molecule has 1 fully saturated rings. The molecule has 0 atom stereocenters. The molecule has 1 amide bonds. The lowest BCUT2D eigenvalue weighted by Crippen LogP contribution is -2.48. The zero-order valence-electron chi connectivity index (χ0n) is 19.0. The van der Waals surface area contributed by atoms with Crippen molar-refractivity contribution in [2.24, 2.45) is 5.41 Å². The Morgan fingerprint density at radius 2 is 1.78 bits per heavy atom. The van der Waals surface area contributed by atoms with Crippen molar-refractivity contribution in [3.8, 4) is 0 Å². The van der Waals surface area contributed by atoms with Gasteiger partial charge in [0.05, 0.1) is 17.6 Å². The third-order valence-electron chi connectivity index (χ3n) is 5.56. The van der Waals surface area contributed by atoms with Crippen molar-refractivity contribution in [3.05, 3.63) is 33.8 Å². The first-order valence-electron chi connectivity index (χ1n) is 10.8. The van der Waals surface area contributed by atoms with Crippen molar-refractivity contribution >= 4 is 28.0 Å². The first-order chi connectivity index (χ1) is 14.8. The van der Waals surface area contributed by atoms with E-state index in [1.54, 1.807) is 38.7 Å². The number of benzene rings is 1. The van der Waals surface area contributed by atoms with Gasteiger partial charge in [-0.15, -0.1) is 0 Å². The molecule has 32 heavy (non-hydrogen) atoms. The topological polar surface area (TPSA) is 55.8 Å². The van der Waals surface area contributed by atoms with E-state index in [0.717, 1.165) is 6.07 Å². The van der Waals surface area contributed by atoms with Gasteiger partial charge in [0.1, 0.15) is 5.60 Å². The largest absolute Gasteiger partial charge is 0.466 e. The summed E-state index contributed by atoms with van der Waals surface area (Å²) in [5.74, 6) is -0.351. The number of ether oxygens (including phenoxy) is 2. The van der Waals surface area contributed by atoms with E-state index in [9.17, 15) is 22.8 Å². The summed E-state index contributed by atoms with van der Waals surface area (Å²) in [5.41, 5.74) is -1.90. The van der Waals surface area contributed by atoms with Gasteiger partial charge in [-0.2, -0.15) is 13.2 Å². The Bertz CT molecular complexity index is 812. The fourth-order valence-corrected chi connectivity index (χ4v) is 4.29. The first kappa shape index (κ1) is 26.5. The van der Waals surface area contributed by atoms with Crippen LogP contribution in [-0.2, 0) is 26.9 Å². The molecule has 0 radical (unpaired) electrons. The molecule has 0 aliphatic carbocycles. The van der Waals surface area contributed by atoms with Crippen molar-refractivity contribution in [1.82, 2.24) is 4.90 Å². The molecule has 0 bridgehead atoms. The van der Waals surface area contributed by atoms with Crippen LogP contribution in [0.25, 0.3) is 0 Å². The van der Waals surface area contributed by atoms with Crippen LogP contribution in [0.2, 0.25) is 0 Å². The summed E-state index contributed by atoms with van der Waals surface area (Å²) in [6.45, 7) is 7.97. The number of rotatable bonds is 6. The van der Waals surface area contributed by atoms with E-state index in [-0.39, 0.29) is 24.6 Å². The quantitative estimate of drug-likeness (QED) is 0.408. The summed E-state index contributed by atoms with van der Waals surface area (Å²) in [6.07, 6.45) is -3.12. The number of carbonyl (C=O) groups is 2. The Morgan fingerprint density at radius 1 is 1.16 bits per heavy atom. The summed E-state index contributed by atoms with van der Waals surface area (Å²) in [4.78, 5) is 26.7. The third-order valence-corrected chi connectivity index (χ3v) is 6.05. The van der Waals surface area contributed by atoms with E-state index >= 15 is 0 Å². The van der Waals surface area contributed by atoms with Crippen LogP contribution in [0.15, 0.2) is 22.7 Å². The van der Waals surface area contributed by atoms with Crippen LogP contribution in [0.4, 0.5) is 18.0 Å². The minimum atomic E-state index is -4.45. The van der Waals surface area contributed by atoms with Crippen LogP contribution in [-0.4, -0.2) is 42.3 Å². The molecule has 1 aromatic carbocycles. The van der Waals surface area contributed by atoms with E-state index in [1.807, 2.05) is 0 Å². The van der Waals surface area contributed by atoms with Gasteiger partial charge in [-0.05, 0) is 77.5 Å². The number of carbonyl (C=O) groups excluding carboxylic acids is 2. The Labute approximate surface area is 195 Å². The molecular weight excluding hydrogens is 491 g/mol. The minimum Gasteiger partial charge on any atom is -0.466 e. The van der Waals surface area contributed by atoms with Gasteiger partial charge in [-0.1, -0.05) is 22.0 Å². The molecule has 1 heterocycles. The van der Waals surface area contributed by atoms with Crippen LogP contribution >= 0.6 is 15.9 Å². The zero-order chi connectivity index (χ0) is 24.2. The van der Waals surface area contributed by atoms with E-state index in [1.165, 1.54) is 6.07 Å². The number of hydrogen-bond acceptors (Lipinski definition) is 4. The van der Waals surface area contributed by atoms with Gasteiger partial charge in [0.15, 0.2) is 0 Å². The Balaban J connectivity index is 2.09. The first-order valence-corrected chi connectivity index (χ1v) is 11.6. The molecule has 1 aliphatic heterocycles. The molecule has 2 rings (SSSR count). The van der Waals surface area contributed by atoms with Gasteiger partial charge in [0, 0.05) is 17.6 Å². The Kier molecular flexibility index (Phi) is 8.64. The SMILES string of the molecule is CCOC(=O)C1(CCCc2ccc(Br)cc2C(F)(F)F)CCN(C(=O)OC(C)(C)C)CC1. The monoisotopic (exact) mass is 521 g/mol. The van der Waals surface area contributed by atoms with Crippen LogP contribution in [0.3, 0.4) is 0 Å². The normalized spacial score (nSPS) is 16.6. The maximum Gasteiger partial charge on any atom is 0.416 e. The number of halogens is 4. The molecule has 0 N–H and O–H groups in total. The molecule has 1 saturated heterocycles. The second-order valence-electron chi connectivity index (χ2n) is 9.12. The van der Waals surface area contributed by atoms with E-state index in [4.69, 9.17) is 9.47 Å². The van der Waals surface area contributed by atoms with Gasteiger partial charge in [-0.3, -0.25) is 4.79 Å². The molecule has 0 spiro atoms. The fraction of sp³-hybridized carbons (Fsp3) is 0.652. The van der Waals surface area contributed by atoms with Crippen LogP contribution in [0.1, 0.15) is 64.5 Å². The van der Waals surface area contributed by atoms with Gasteiger partial charge in [-0.25, -0.2) is 4.79 Å². The third kappa shape index (κ3) is 7.12. The number of hydrogen-bond donors (Lipinski definition) is 0. The van der Waals surface area contributed by atoms with Crippen molar-refractivity contribution in [3.63, 3.8) is 0 Å². The maximum absolute atomic E-state index is 13.4. The second kappa shape index (κ2) is 10.4. The molecule has 1 aliphatic rings. The van der Waals surface area contributed by atoms with Crippen LogP contribution < -0.4 is 0 Å². The second-order valence-corrected chi connectivity index (χ2v) is 10.0. The number of piperidine rings is 1. The average molecular weight is 522 g/mol. The van der Waals surface area contributed by atoms with Gasteiger partial charge in [0.25, 0.3) is 0 Å². The number of aryl methyl sites for hydroxylation is 1. The van der Waals surface area contributed by atoms with E-state index < -0.39 is 28.8 Å². The summed E-state index contributed by atoms with van der Waals surface area (Å²) < 4.78 is 51.3. The van der Waals surface area contributed by atoms with Gasteiger partial charge in [0.2, 0.25) is 0 Å². The van der Waals surface area contributed by atoms with E-state index in [0.29, 0.717) is 43.2 Å². The van der Waals surface area contributed by atoms with Crippen LogP contribution in [0, 0.1) is 5.41 Å². The number of likely N-dealkylation sites (tertiary alicyclic amines) is 1. The highest BCUT2D eigenvalue weighted by molar-refractivity contribution is 9.10. The van der Waals surface area contributed by atoms with E-state index in [2.05, 4.69) is 15.9 Å². The number of amides is 1. The summed E-state index contributed by atoms with van der Waals surface area (Å²) >= 11 is 3.10. The smallest absolute Gasteiger partial charge is 0.416 e. The van der Waals surface area contributed by atoms with Crippen LogP contribution in [0.5, 0.6) is 0 Å². The molecule has 0 aromatic heterocycles. The predicted molar refractivity (Wildman–Crippen MR) is 118 cm³/mol. The Morgan fingerprint density at radius 3 is 2.31 bits per heavy atom. The lowest BCUT2D eigenvalue weighted by Gasteiger charge is -2.40. The molecule has 0 unspecified atom stereocenters. The van der Waals surface area contributed by atoms with Crippen molar-refractivity contribution < 1.29 is 32.2 Å². The number of alkyl halides is 3. The highest BCUT2D eigenvalue weighted by Crippen LogP contribution is 2.40. The average Bonchev–Trinajstić information content (AvgIpc) is 2.67. The predicted octanol–water partition coefficient (Wildman–Crippen LogP) is 6.37. The zero-order valence-corrected chi connectivity index (χ0v) is 20.6. The molecule has 180 valence electrons. The maximum atomic E-state index is 13.4. The molecule has 1 aromatic rings. The summed E-state index contributed by atoms with van der Waals surface area (Å²) in [5, 5.41) is 0. The number of esters is 1. The number of nitrogens with zero attached hydrogens (tertiary/aromatic N) is 1. The van der Waals surface area contributed by atoms with Crippen molar-refractivity contribution in [1.29, 1.82) is 0 Å². The highest BCUT2D eigenvalue weighted by Gasteiger charge is 2.44. The molecule has 5 nitrogen and oxygen atoms in total.